The summed E-state index contributed by atoms with van der Waals surface area (Å²) >= 11 is 1.39. The zero-order valence-electron chi connectivity index (χ0n) is 15.7. The third kappa shape index (κ3) is 4.33. The molecule has 1 N–H and O–H groups in total. The van der Waals surface area contributed by atoms with Gasteiger partial charge in [0.05, 0.1) is 18.6 Å². The van der Waals surface area contributed by atoms with Crippen LogP contribution in [0.3, 0.4) is 0 Å². The molecule has 7 nitrogen and oxygen atoms in total. The molecule has 0 radical (unpaired) electrons. The monoisotopic (exact) mass is 386 g/mol. The SMILES string of the molecule is COc1ccc(NC(=O)[C@@H](Sc2nnc(-c3ccco3)n2C)C(C)C)cc1. The molecule has 0 saturated heterocycles. The lowest BCUT2D eigenvalue weighted by molar-refractivity contribution is -0.116. The van der Waals surface area contributed by atoms with Gasteiger partial charge in [0, 0.05) is 12.7 Å². The summed E-state index contributed by atoms with van der Waals surface area (Å²) in [5, 5.41) is 11.7. The molecule has 0 bridgehead atoms. The van der Waals surface area contributed by atoms with Gasteiger partial charge < -0.3 is 19.0 Å². The van der Waals surface area contributed by atoms with Crippen molar-refractivity contribution in [3.8, 4) is 17.3 Å². The Morgan fingerprint density at radius 2 is 1.96 bits per heavy atom. The Kier molecular flexibility index (Phi) is 5.85. The van der Waals surface area contributed by atoms with Crippen molar-refractivity contribution >= 4 is 23.4 Å². The molecule has 0 aliphatic heterocycles. The topological polar surface area (TPSA) is 82.2 Å². The van der Waals surface area contributed by atoms with E-state index in [2.05, 4.69) is 15.5 Å². The number of aromatic nitrogens is 3. The molecule has 0 unspecified atom stereocenters. The van der Waals surface area contributed by atoms with Gasteiger partial charge in [-0.15, -0.1) is 10.2 Å². The molecule has 0 saturated carbocycles. The quantitative estimate of drug-likeness (QED) is 0.621. The Balaban J connectivity index is 1.74. The number of nitrogens with zero attached hydrogens (tertiary/aromatic N) is 3. The van der Waals surface area contributed by atoms with E-state index in [9.17, 15) is 4.79 Å². The highest BCUT2D eigenvalue weighted by Crippen LogP contribution is 2.30. The first-order valence-electron chi connectivity index (χ1n) is 8.54. The molecule has 27 heavy (non-hydrogen) atoms. The van der Waals surface area contributed by atoms with E-state index >= 15 is 0 Å². The first-order chi connectivity index (χ1) is 13.0. The highest BCUT2D eigenvalue weighted by molar-refractivity contribution is 8.00. The van der Waals surface area contributed by atoms with Gasteiger partial charge in [-0.05, 0) is 42.3 Å². The zero-order chi connectivity index (χ0) is 19.4. The van der Waals surface area contributed by atoms with Crippen LogP contribution in [-0.4, -0.2) is 33.0 Å². The lowest BCUT2D eigenvalue weighted by Crippen LogP contribution is -2.30. The number of carbonyl (C=O) groups excluding carboxylic acids is 1. The fourth-order valence-corrected chi connectivity index (χ4v) is 3.53. The summed E-state index contributed by atoms with van der Waals surface area (Å²) in [5.41, 5.74) is 0.723. The molecule has 0 aliphatic rings. The van der Waals surface area contributed by atoms with E-state index in [1.807, 2.05) is 55.8 Å². The average molecular weight is 386 g/mol. The van der Waals surface area contributed by atoms with Crippen molar-refractivity contribution in [2.45, 2.75) is 24.3 Å². The highest BCUT2D eigenvalue weighted by Gasteiger charge is 2.27. The number of amides is 1. The third-order valence-electron chi connectivity index (χ3n) is 4.03. The molecular weight excluding hydrogens is 364 g/mol. The molecule has 3 rings (SSSR count). The maximum Gasteiger partial charge on any atom is 0.238 e. The molecule has 1 atom stereocenters. The van der Waals surface area contributed by atoms with Crippen molar-refractivity contribution in [3.05, 3.63) is 42.7 Å². The number of benzene rings is 1. The zero-order valence-corrected chi connectivity index (χ0v) is 16.5. The Morgan fingerprint density at radius 3 is 2.56 bits per heavy atom. The van der Waals surface area contributed by atoms with Crippen LogP contribution in [0.15, 0.2) is 52.2 Å². The molecule has 1 aromatic carbocycles. The van der Waals surface area contributed by atoms with Crippen molar-refractivity contribution < 1.29 is 13.9 Å². The van der Waals surface area contributed by atoms with Gasteiger partial charge in [0.2, 0.25) is 5.91 Å². The molecule has 2 aromatic heterocycles. The van der Waals surface area contributed by atoms with Crippen LogP contribution in [0.2, 0.25) is 0 Å². The summed E-state index contributed by atoms with van der Waals surface area (Å²) in [5.74, 6) is 2.04. The van der Waals surface area contributed by atoms with Gasteiger partial charge in [-0.2, -0.15) is 0 Å². The number of carbonyl (C=O) groups is 1. The lowest BCUT2D eigenvalue weighted by Gasteiger charge is -2.19. The predicted molar refractivity (Wildman–Crippen MR) is 105 cm³/mol. The standard InChI is InChI=1S/C19H22N4O3S/c1-12(2)16(18(24)20-13-7-9-14(25-4)10-8-13)27-19-22-21-17(23(19)3)15-6-5-11-26-15/h5-12,16H,1-4H3,(H,20,24)/t16-/m0/s1. The number of methoxy groups -OCH3 is 1. The first kappa shape index (κ1) is 19.0. The van der Waals surface area contributed by atoms with Crippen molar-refractivity contribution in [2.24, 2.45) is 13.0 Å². The van der Waals surface area contributed by atoms with Crippen LogP contribution in [0.4, 0.5) is 5.69 Å². The van der Waals surface area contributed by atoms with Gasteiger partial charge in [0.25, 0.3) is 0 Å². The van der Waals surface area contributed by atoms with E-state index in [1.54, 1.807) is 19.4 Å². The third-order valence-corrected chi connectivity index (χ3v) is 5.61. The number of furan rings is 1. The minimum absolute atomic E-state index is 0.0808. The van der Waals surface area contributed by atoms with Gasteiger partial charge in [-0.25, -0.2) is 0 Å². The molecule has 0 fully saturated rings. The summed E-state index contributed by atoms with van der Waals surface area (Å²) in [6.07, 6.45) is 1.59. The number of thioether (sulfide) groups is 1. The van der Waals surface area contributed by atoms with E-state index in [4.69, 9.17) is 9.15 Å². The fraction of sp³-hybridized carbons (Fsp3) is 0.316. The molecule has 2 heterocycles. The number of anilines is 1. The van der Waals surface area contributed by atoms with Crippen LogP contribution < -0.4 is 10.1 Å². The normalized spacial score (nSPS) is 12.2. The summed E-state index contributed by atoms with van der Waals surface area (Å²) in [4.78, 5) is 12.8. The predicted octanol–water partition coefficient (Wildman–Crippen LogP) is 3.84. The number of ether oxygens (including phenoxy) is 1. The molecule has 0 spiro atoms. The Morgan fingerprint density at radius 1 is 1.22 bits per heavy atom. The fourth-order valence-electron chi connectivity index (χ4n) is 2.53. The van der Waals surface area contributed by atoms with E-state index in [0.717, 1.165) is 11.4 Å². The highest BCUT2D eigenvalue weighted by atomic mass is 32.2. The van der Waals surface area contributed by atoms with Crippen molar-refractivity contribution in [1.29, 1.82) is 0 Å². The average Bonchev–Trinajstić information content (AvgIpc) is 3.30. The lowest BCUT2D eigenvalue weighted by atomic mass is 10.1. The van der Waals surface area contributed by atoms with Crippen molar-refractivity contribution in [1.82, 2.24) is 14.8 Å². The van der Waals surface area contributed by atoms with Crippen LogP contribution >= 0.6 is 11.8 Å². The van der Waals surface area contributed by atoms with Crippen molar-refractivity contribution in [3.63, 3.8) is 0 Å². The van der Waals surface area contributed by atoms with Crippen LogP contribution in [0, 0.1) is 5.92 Å². The largest absolute Gasteiger partial charge is 0.497 e. The maximum absolute atomic E-state index is 12.8. The number of rotatable bonds is 7. The van der Waals surface area contributed by atoms with Gasteiger partial charge in [0.15, 0.2) is 16.7 Å². The van der Waals surface area contributed by atoms with E-state index in [0.29, 0.717) is 16.7 Å². The smallest absolute Gasteiger partial charge is 0.238 e. The van der Waals surface area contributed by atoms with Gasteiger partial charge in [-0.1, -0.05) is 25.6 Å². The Labute approximate surface area is 162 Å². The van der Waals surface area contributed by atoms with Gasteiger partial charge in [0.1, 0.15) is 5.75 Å². The number of hydrogen-bond donors (Lipinski definition) is 1. The number of nitrogens with one attached hydrogen (secondary N) is 1. The summed E-state index contributed by atoms with van der Waals surface area (Å²) in [7, 11) is 3.47. The van der Waals surface area contributed by atoms with Gasteiger partial charge >= 0.3 is 0 Å². The maximum atomic E-state index is 12.8. The molecule has 0 aliphatic carbocycles. The van der Waals surface area contributed by atoms with E-state index in [-0.39, 0.29) is 17.1 Å². The van der Waals surface area contributed by atoms with Crippen LogP contribution in [0.1, 0.15) is 13.8 Å². The van der Waals surface area contributed by atoms with Crippen LogP contribution in [-0.2, 0) is 11.8 Å². The summed E-state index contributed by atoms with van der Waals surface area (Å²) in [6, 6.07) is 10.9. The first-order valence-corrected chi connectivity index (χ1v) is 9.42. The Hall–Kier alpha value is -2.74. The van der Waals surface area contributed by atoms with Crippen LogP contribution in [0.25, 0.3) is 11.6 Å². The second-order valence-corrected chi connectivity index (χ2v) is 7.45. The minimum atomic E-state index is -0.320. The van der Waals surface area contributed by atoms with E-state index in [1.165, 1.54) is 11.8 Å². The Bertz CT molecular complexity index is 888. The molecule has 3 aromatic rings. The molecule has 8 heteroatoms. The molecule has 1 amide bonds. The van der Waals surface area contributed by atoms with Crippen molar-refractivity contribution in [2.75, 3.05) is 12.4 Å². The summed E-state index contributed by atoms with van der Waals surface area (Å²) in [6.45, 7) is 4.02. The number of hydrogen-bond acceptors (Lipinski definition) is 6. The minimum Gasteiger partial charge on any atom is -0.497 e. The summed E-state index contributed by atoms with van der Waals surface area (Å²) < 4.78 is 12.4. The second kappa shape index (κ2) is 8.30. The second-order valence-electron chi connectivity index (χ2n) is 6.34. The molecular formula is C19H22N4O3S. The van der Waals surface area contributed by atoms with E-state index < -0.39 is 0 Å². The van der Waals surface area contributed by atoms with Crippen LogP contribution in [0.5, 0.6) is 5.75 Å². The van der Waals surface area contributed by atoms with Gasteiger partial charge in [-0.3, -0.25) is 4.79 Å². The molecule has 142 valence electrons.